The van der Waals surface area contributed by atoms with Gasteiger partial charge in [0.15, 0.2) is 0 Å². The van der Waals surface area contributed by atoms with Crippen LogP contribution in [0.2, 0.25) is 0 Å². The Morgan fingerprint density at radius 3 is 2.26 bits per heavy atom. The monoisotopic (exact) mass is 338 g/mol. The molecule has 122 valence electrons. The number of hydrogen-bond donors (Lipinski definition) is 2. The van der Waals surface area contributed by atoms with Gasteiger partial charge in [-0.2, -0.15) is 0 Å². The Morgan fingerprint density at radius 2 is 1.70 bits per heavy atom. The fourth-order valence-electron chi connectivity index (χ4n) is 1.98. The predicted octanol–water partition coefficient (Wildman–Crippen LogP) is 3.07. The van der Waals surface area contributed by atoms with Gasteiger partial charge in [0.1, 0.15) is 11.6 Å². The summed E-state index contributed by atoms with van der Waals surface area (Å²) in [5.41, 5.74) is 1.03. The third kappa shape index (κ3) is 5.45. The van der Waals surface area contributed by atoms with E-state index in [0.29, 0.717) is 22.6 Å². The molecule has 0 aliphatic rings. The number of amides is 2. The molecule has 4 nitrogen and oxygen atoms in total. The largest absolute Gasteiger partial charge is 0.338 e. The molecule has 0 spiro atoms. The molecule has 0 aromatic heterocycles. The maximum Gasteiger partial charge on any atom is 0.319 e. The number of hydrogen-bond acceptors (Lipinski definition) is 2. The van der Waals surface area contributed by atoms with E-state index in [-0.39, 0.29) is 6.54 Å². The van der Waals surface area contributed by atoms with Crippen LogP contribution in [0.15, 0.2) is 47.4 Å². The lowest BCUT2D eigenvalue weighted by molar-refractivity contribution is 0.252. The summed E-state index contributed by atoms with van der Waals surface area (Å²) < 4.78 is 37.3. The summed E-state index contributed by atoms with van der Waals surface area (Å²) in [4.78, 5) is 12.4. The van der Waals surface area contributed by atoms with E-state index in [2.05, 4.69) is 10.6 Å². The molecule has 2 N–H and O–H groups in total. The number of carbonyl (C=O) groups excluding carboxylic acids is 1. The molecule has 0 heterocycles. The number of halogens is 2. The van der Waals surface area contributed by atoms with Crippen molar-refractivity contribution in [2.24, 2.45) is 0 Å². The highest BCUT2D eigenvalue weighted by molar-refractivity contribution is 7.84. The van der Waals surface area contributed by atoms with Gasteiger partial charge in [-0.25, -0.2) is 13.6 Å². The second kappa shape index (κ2) is 7.82. The molecule has 0 bridgehead atoms. The molecular weight excluding hydrogens is 322 g/mol. The highest BCUT2D eigenvalue weighted by Gasteiger charge is 2.04. The van der Waals surface area contributed by atoms with Crippen LogP contribution in [-0.2, 0) is 17.2 Å². The zero-order valence-corrected chi connectivity index (χ0v) is 13.3. The van der Waals surface area contributed by atoms with Crippen LogP contribution < -0.4 is 10.6 Å². The zero-order chi connectivity index (χ0) is 16.8. The number of urea groups is 1. The van der Waals surface area contributed by atoms with Gasteiger partial charge in [0.25, 0.3) is 0 Å². The van der Waals surface area contributed by atoms with Crippen molar-refractivity contribution in [3.05, 3.63) is 59.7 Å². The highest BCUT2D eigenvalue weighted by atomic mass is 32.2. The maximum absolute atomic E-state index is 13.0. The van der Waals surface area contributed by atoms with E-state index in [4.69, 9.17) is 0 Å². The van der Waals surface area contributed by atoms with Crippen LogP contribution in [0.3, 0.4) is 0 Å². The lowest BCUT2D eigenvalue weighted by Gasteiger charge is -2.08. The molecule has 2 aromatic rings. The van der Waals surface area contributed by atoms with E-state index in [1.807, 2.05) is 0 Å². The predicted molar refractivity (Wildman–Crippen MR) is 85.9 cm³/mol. The average molecular weight is 338 g/mol. The maximum atomic E-state index is 13.0. The third-order valence-electron chi connectivity index (χ3n) is 3.07. The van der Waals surface area contributed by atoms with Gasteiger partial charge in [-0.15, -0.1) is 0 Å². The number of anilines is 1. The van der Waals surface area contributed by atoms with Crippen molar-refractivity contribution in [3.8, 4) is 0 Å². The van der Waals surface area contributed by atoms with Crippen molar-refractivity contribution < 1.29 is 17.8 Å². The Labute approximate surface area is 135 Å². The molecule has 0 aliphatic carbocycles. The SMILES string of the molecule is C[S@@](=O)c1ccc(NC(=O)NCCc2cc(F)cc(F)c2)cc1. The molecule has 7 heteroatoms. The first-order valence-corrected chi connectivity index (χ1v) is 8.43. The first kappa shape index (κ1) is 17.1. The molecule has 0 fully saturated rings. The molecule has 0 unspecified atom stereocenters. The fraction of sp³-hybridized carbons (Fsp3) is 0.188. The molecule has 0 saturated carbocycles. The first-order valence-electron chi connectivity index (χ1n) is 6.87. The van der Waals surface area contributed by atoms with Crippen molar-refractivity contribution in [2.45, 2.75) is 11.3 Å². The Kier molecular flexibility index (Phi) is 5.81. The number of rotatable bonds is 5. The highest BCUT2D eigenvalue weighted by Crippen LogP contribution is 2.12. The molecule has 0 radical (unpaired) electrons. The summed E-state index contributed by atoms with van der Waals surface area (Å²) in [6.07, 6.45) is 1.89. The Bertz CT molecular complexity index is 700. The number of benzene rings is 2. The van der Waals surface area contributed by atoms with E-state index in [1.165, 1.54) is 12.1 Å². The Morgan fingerprint density at radius 1 is 1.09 bits per heavy atom. The third-order valence-corrected chi connectivity index (χ3v) is 4.00. The van der Waals surface area contributed by atoms with Crippen molar-refractivity contribution in [2.75, 3.05) is 18.1 Å². The fourth-order valence-corrected chi connectivity index (χ4v) is 2.50. The van der Waals surface area contributed by atoms with Crippen molar-refractivity contribution in [1.29, 1.82) is 0 Å². The van der Waals surface area contributed by atoms with Gasteiger partial charge in [0.2, 0.25) is 0 Å². The Balaban J connectivity index is 1.81. The topological polar surface area (TPSA) is 58.2 Å². The molecule has 0 saturated heterocycles. The normalized spacial score (nSPS) is 11.8. The molecule has 23 heavy (non-hydrogen) atoms. The van der Waals surface area contributed by atoms with Gasteiger partial charge in [-0.05, 0) is 48.4 Å². The van der Waals surface area contributed by atoms with Gasteiger partial charge in [0, 0.05) is 40.2 Å². The molecular formula is C16H16F2N2O2S. The second-order valence-electron chi connectivity index (χ2n) is 4.89. The zero-order valence-electron chi connectivity index (χ0n) is 12.4. The standard InChI is InChI=1S/C16H16F2N2O2S/c1-23(22)15-4-2-14(3-5-15)20-16(21)19-7-6-11-8-12(17)10-13(18)9-11/h2-5,8-10H,6-7H2,1H3,(H2,19,20,21)/t23-/m1/s1. The van der Waals surface area contributed by atoms with Gasteiger partial charge < -0.3 is 10.6 Å². The number of nitrogens with one attached hydrogen (secondary N) is 2. The van der Waals surface area contributed by atoms with Crippen molar-refractivity contribution in [1.82, 2.24) is 5.32 Å². The molecule has 2 amide bonds. The summed E-state index contributed by atoms with van der Waals surface area (Å²) in [6, 6.07) is 9.47. The summed E-state index contributed by atoms with van der Waals surface area (Å²) in [6.45, 7) is 0.242. The van der Waals surface area contributed by atoms with Gasteiger partial charge in [-0.1, -0.05) is 0 Å². The van der Waals surface area contributed by atoms with Crippen LogP contribution in [0.25, 0.3) is 0 Å². The van der Waals surface area contributed by atoms with E-state index < -0.39 is 28.5 Å². The van der Waals surface area contributed by atoms with Crippen LogP contribution in [-0.4, -0.2) is 23.0 Å². The van der Waals surface area contributed by atoms with Crippen molar-refractivity contribution >= 4 is 22.5 Å². The van der Waals surface area contributed by atoms with Crippen LogP contribution in [0.4, 0.5) is 19.3 Å². The van der Waals surface area contributed by atoms with E-state index >= 15 is 0 Å². The van der Waals surface area contributed by atoms with E-state index in [0.717, 1.165) is 6.07 Å². The summed E-state index contributed by atoms with van der Waals surface area (Å²) in [5, 5.41) is 5.22. The molecule has 2 aromatic carbocycles. The van der Waals surface area contributed by atoms with Gasteiger partial charge in [0.05, 0.1) is 0 Å². The van der Waals surface area contributed by atoms with Crippen LogP contribution in [0.1, 0.15) is 5.56 Å². The number of carbonyl (C=O) groups is 1. The Hall–Kier alpha value is -2.28. The van der Waals surface area contributed by atoms with E-state index in [1.54, 1.807) is 30.5 Å². The lowest BCUT2D eigenvalue weighted by atomic mass is 10.1. The lowest BCUT2D eigenvalue weighted by Crippen LogP contribution is -2.30. The average Bonchev–Trinajstić information content (AvgIpc) is 2.46. The molecule has 0 aliphatic heterocycles. The summed E-state index contributed by atoms with van der Waals surface area (Å²) in [7, 11) is -1.07. The van der Waals surface area contributed by atoms with Crippen molar-refractivity contribution in [3.63, 3.8) is 0 Å². The minimum atomic E-state index is -1.07. The minimum Gasteiger partial charge on any atom is -0.338 e. The van der Waals surface area contributed by atoms with Gasteiger partial charge in [-0.3, -0.25) is 4.21 Å². The van der Waals surface area contributed by atoms with Crippen LogP contribution in [0.5, 0.6) is 0 Å². The van der Waals surface area contributed by atoms with E-state index in [9.17, 15) is 17.8 Å². The smallest absolute Gasteiger partial charge is 0.319 e. The quantitative estimate of drug-likeness (QED) is 0.880. The molecule has 2 rings (SSSR count). The summed E-state index contributed by atoms with van der Waals surface area (Å²) in [5.74, 6) is -1.28. The van der Waals surface area contributed by atoms with Gasteiger partial charge >= 0.3 is 6.03 Å². The molecule has 1 atom stereocenters. The van der Waals surface area contributed by atoms with Crippen LogP contribution in [0, 0.1) is 11.6 Å². The van der Waals surface area contributed by atoms with Crippen LogP contribution >= 0.6 is 0 Å². The summed E-state index contributed by atoms with van der Waals surface area (Å²) >= 11 is 0. The second-order valence-corrected chi connectivity index (χ2v) is 6.27. The minimum absolute atomic E-state index is 0.242. The first-order chi connectivity index (χ1) is 10.9.